The molecule has 0 atom stereocenters. The van der Waals surface area contributed by atoms with E-state index in [9.17, 15) is 5.53 Å². The van der Waals surface area contributed by atoms with Gasteiger partial charge in [0.05, 0.1) is 0 Å². The van der Waals surface area contributed by atoms with E-state index < -0.39 is 0 Å². The van der Waals surface area contributed by atoms with Gasteiger partial charge in [0.25, 0.3) is 0 Å². The van der Waals surface area contributed by atoms with Crippen LogP contribution in [0.25, 0.3) is 16.9 Å². The molecule has 3 rings (SSSR count). The molecule has 0 aliphatic carbocycles. The molecule has 2 aromatic carbocycles. The predicted molar refractivity (Wildman–Crippen MR) is 274 cm³/mol. The molecular weight excluding hydrogens is 795 g/mol. The summed E-state index contributed by atoms with van der Waals surface area (Å²) in [4.78, 5) is 0. The summed E-state index contributed by atoms with van der Waals surface area (Å²) >= 11 is 0. The summed E-state index contributed by atoms with van der Waals surface area (Å²) in [6, 6.07) is 10.3. The van der Waals surface area contributed by atoms with Gasteiger partial charge in [-0.15, -0.1) is 0 Å². The van der Waals surface area contributed by atoms with Gasteiger partial charge in [-0.3, -0.25) is 0 Å². The third-order valence-corrected chi connectivity index (χ3v) is 13.8. The van der Waals surface area contributed by atoms with Gasteiger partial charge in [0.2, 0.25) is 11.4 Å². The van der Waals surface area contributed by atoms with Gasteiger partial charge in [-0.2, -0.15) is 0 Å². The van der Waals surface area contributed by atoms with Crippen LogP contribution in [0.5, 0.6) is 0 Å². The standard InChI is InChI=1S/C59H98N2.Ni.2H/c1-9-17-25-31-36-48-44-52(45-49(37-32-26-18-10-2)54(48)40-23-15-7)58-56(42-30-22-14-6)57(43-35-29-21-13-5)59(61(58)60)53-46-50(38-33-27-19-11-3)55(41-24-16-8)51(47-53)39-34-28-20-12-4;;;/h44-47H,9-43H2,1-8H3;;;/q;;2*-1. The molecule has 0 amide bonds. The van der Waals surface area contributed by atoms with Crippen molar-refractivity contribution in [3.05, 3.63) is 85.5 Å². The summed E-state index contributed by atoms with van der Waals surface area (Å²) < 4.78 is 1.77. The number of benzene rings is 2. The van der Waals surface area contributed by atoms with Crippen molar-refractivity contribution in [2.24, 2.45) is 0 Å². The Morgan fingerprint density at radius 1 is 0.323 bits per heavy atom. The zero-order valence-electron chi connectivity index (χ0n) is 44.3. The maximum atomic E-state index is 13.1. The fourth-order valence-electron chi connectivity index (χ4n) is 10.1. The second-order valence-electron chi connectivity index (χ2n) is 19.2. The number of unbranched alkanes of at least 4 members (excludes halogenated alkanes) is 19. The summed E-state index contributed by atoms with van der Waals surface area (Å²) in [5, 5.41) is 0. The number of rotatable bonds is 37. The molecule has 3 heteroatoms. The molecule has 62 heavy (non-hydrogen) atoms. The molecule has 0 saturated carbocycles. The molecule has 358 valence electrons. The van der Waals surface area contributed by atoms with Crippen LogP contribution in [0.15, 0.2) is 35.4 Å². The quantitative estimate of drug-likeness (QED) is 0.0367. The molecule has 1 aliphatic rings. The van der Waals surface area contributed by atoms with Crippen molar-refractivity contribution < 1.29 is 24.0 Å². The molecule has 2 aromatic rings. The van der Waals surface area contributed by atoms with Gasteiger partial charge in [-0.1, -0.05) is 177 Å². The summed E-state index contributed by atoms with van der Waals surface area (Å²) in [7, 11) is 0. The molecule has 0 radical (unpaired) electrons. The Balaban J connectivity index is 0.0000132. The minimum Gasteiger partial charge on any atom is -1.00 e. The van der Waals surface area contributed by atoms with Crippen molar-refractivity contribution >= 4 is 11.4 Å². The number of aryl methyl sites for hydroxylation is 4. The van der Waals surface area contributed by atoms with Gasteiger partial charge in [0, 0.05) is 38.8 Å². The van der Waals surface area contributed by atoms with Gasteiger partial charge < -0.3 is 8.38 Å². The molecule has 0 saturated heterocycles. The van der Waals surface area contributed by atoms with Gasteiger partial charge in [-0.25, -0.2) is 4.70 Å². The molecule has 0 spiro atoms. The third kappa shape index (κ3) is 18.5. The average molecular weight is 896 g/mol. The Morgan fingerprint density at radius 2 is 0.565 bits per heavy atom. The maximum absolute atomic E-state index is 13.1. The van der Waals surface area contributed by atoms with Crippen LogP contribution in [0.4, 0.5) is 0 Å². The van der Waals surface area contributed by atoms with E-state index in [1.165, 1.54) is 208 Å². The number of allylic oxidation sites excluding steroid dienone is 2. The van der Waals surface area contributed by atoms with Crippen LogP contribution < -0.4 is 0 Å². The van der Waals surface area contributed by atoms with Crippen molar-refractivity contribution in [3.63, 3.8) is 0 Å². The van der Waals surface area contributed by atoms with Crippen molar-refractivity contribution in [2.75, 3.05) is 0 Å². The van der Waals surface area contributed by atoms with Crippen LogP contribution >= 0.6 is 0 Å². The second-order valence-corrected chi connectivity index (χ2v) is 19.2. The Hall–Kier alpha value is -1.99. The Morgan fingerprint density at radius 3 is 0.839 bits per heavy atom. The van der Waals surface area contributed by atoms with Crippen molar-refractivity contribution in [1.29, 1.82) is 0 Å². The Bertz CT molecular complexity index is 1540. The fraction of sp³-hybridized carbons (Fsp3) is 0.729. The van der Waals surface area contributed by atoms with Crippen molar-refractivity contribution in [2.45, 2.75) is 280 Å². The summed E-state index contributed by atoms with van der Waals surface area (Å²) in [6.07, 6.45) is 43.3. The van der Waals surface area contributed by atoms with E-state index in [0.717, 1.165) is 49.9 Å². The minimum atomic E-state index is 0. The fourth-order valence-corrected chi connectivity index (χ4v) is 10.1. The number of hydrogen-bond acceptors (Lipinski definition) is 0. The summed E-state index contributed by atoms with van der Waals surface area (Å²) in [5.74, 6) is 0. The molecular formula is C59H100N2Ni-2. The van der Waals surface area contributed by atoms with E-state index >= 15 is 0 Å². The predicted octanol–water partition coefficient (Wildman–Crippen LogP) is 19.8. The molecule has 0 unspecified atom stereocenters. The molecule has 0 N–H and O–H groups in total. The first-order valence-corrected chi connectivity index (χ1v) is 27.2. The average Bonchev–Trinajstić information content (AvgIpc) is 3.54. The maximum Gasteiger partial charge on any atom is 0.211 e. The summed E-state index contributed by atoms with van der Waals surface area (Å²) in [6.45, 7) is 18.7. The monoisotopic (exact) mass is 895 g/mol. The molecule has 0 bridgehead atoms. The van der Waals surface area contributed by atoms with Gasteiger partial charge in [-0.05, 0) is 160 Å². The Labute approximate surface area is 399 Å². The SMILES string of the molecule is CCCCCCC1=C(c2cc(CCCCCC)c(CCCC)c(CCCCCC)c2)[N+](=[N-])C(c2cc(CCCCCC)c(CCCC)c(CCCCCC)c2)=C1CCCCC.[H-].[H-].[Ni]. The van der Waals surface area contributed by atoms with E-state index in [-0.39, 0.29) is 19.3 Å². The molecule has 1 aliphatic heterocycles. The van der Waals surface area contributed by atoms with Gasteiger partial charge in [0.1, 0.15) is 0 Å². The first-order chi connectivity index (χ1) is 29.9. The Kier molecular flexibility index (Phi) is 31.1. The number of nitrogens with zero attached hydrogens (tertiary/aromatic N) is 2. The van der Waals surface area contributed by atoms with Crippen LogP contribution in [0.1, 0.15) is 289 Å². The van der Waals surface area contributed by atoms with E-state index in [0.29, 0.717) is 0 Å². The zero-order chi connectivity index (χ0) is 44.1. The molecule has 0 aromatic heterocycles. The van der Waals surface area contributed by atoms with Gasteiger partial charge >= 0.3 is 0 Å². The van der Waals surface area contributed by atoms with Crippen LogP contribution in [0.2, 0.25) is 0 Å². The second kappa shape index (κ2) is 34.4. The van der Waals surface area contributed by atoms with Crippen LogP contribution in [-0.4, -0.2) is 4.70 Å². The first-order valence-electron chi connectivity index (χ1n) is 27.2. The normalized spacial score (nSPS) is 12.9. The smallest absolute Gasteiger partial charge is 0.211 e. The third-order valence-electron chi connectivity index (χ3n) is 13.8. The van der Waals surface area contributed by atoms with Crippen molar-refractivity contribution in [1.82, 2.24) is 0 Å². The number of hydrogen-bond donors (Lipinski definition) is 0. The van der Waals surface area contributed by atoms with Gasteiger partial charge in [0.15, 0.2) is 0 Å². The minimum absolute atomic E-state index is 0. The van der Waals surface area contributed by atoms with E-state index in [1.807, 2.05) is 0 Å². The van der Waals surface area contributed by atoms with Crippen LogP contribution in [0, 0.1) is 0 Å². The van der Waals surface area contributed by atoms with Crippen LogP contribution in [-0.2, 0) is 55.0 Å². The molecule has 2 nitrogen and oxygen atoms in total. The largest absolute Gasteiger partial charge is 1.00 e. The van der Waals surface area contributed by atoms with E-state index in [2.05, 4.69) is 79.7 Å². The zero-order valence-corrected chi connectivity index (χ0v) is 43.3. The topological polar surface area (TPSA) is 25.3 Å². The van der Waals surface area contributed by atoms with E-state index in [4.69, 9.17) is 0 Å². The first kappa shape index (κ1) is 56.1. The molecule has 0 fully saturated rings. The van der Waals surface area contributed by atoms with Crippen molar-refractivity contribution in [3.8, 4) is 0 Å². The van der Waals surface area contributed by atoms with E-state index in [1.54, 1.807) is 38.1 Å². The summed E-state index contributed by atoms with van der Waals surface area (Å²) in [5.41, 5.74) is 30.4. The van der Waals surface area contributed by atoms with Crippen LogP contribution in [0.3, 0.4) is 0 Å². The molecule has 1 heterocycles.